The number of aryl methyl sites for hydroxylation is 2. The minimum atomic E-state index is -0.948. The number of hydrogen-bond acceptors (Lipinski definition) is 7. The average Bonchev–Trinajstić information content (AvgIpc) is 2.93. The molecule has 0 spiro atoms. The van der Waals surface area contributed by atoms with E-state index in [0.717, 1.165) is 0 Å². The van der Waals surface area contributed by atoms with Crippen LogP contribution in [0.3, 0.4) is 0 Å². The number of ether oxygens (including phenoxy) is 3. The minimum absolute atomic E-state index is 0.00279. The molecule has 1 aliphatic heterocycles. The van der Waals surface area contributed by atoms with Crippen LogP contribution in [0.15, 0.2) is 22.7 Å². The van der Waals surface area contributed by atoms with E-state index in [0.29, 0.717) is 47.4 Å². The molecule has 1 amide bonds. The monoisotopic (exact) mass is 360 g/mol. The molecule has 1 aromatic carbocycles. The van der Waals surface area contributed by atoms with E-state index >= 15 is 0 Å². The molecule has 26 heavy (non-hydrogen) atoms. The number of esters is 1. The summed E-state index contributed by atoms with van der Waals surface area (Å²) in [6.45, 7) is 5.94. The van der Waals surface area contributed by atoms with Gasteiger partial charge < -0.3 is 24.1 Å². The van der Waals surface area contributed by atoms with Crippen molar-refractivity contribution < 1.29 is 28.3 Å². The van der Waals surface area contributed by atoms with Gasteiger partial charge in [0.1, 0.15) is 19.0 Å². The highest BCUT2D eigenvalue weighted by Crippen LogP contribution is 2.32. The predicted octanol–water partition coefficient (Wildman–Crippen LogP) is 2.18. The molecule has 8 heteroatoms. The molecule has 1 N–H and O–H groups in total. The van der Waals surface area contributed by atoms with E-state index in [1.54, 1.807) is 32.0 Å². The smallest absolute Gasteiger partial charge is 0.311 e. The van der Waals surface area contributed by atoms with Crippen LogP contribution in [0.4, 0.5) is 5.69 Å². The van der Waals surface area contributed by atoms with Gasteiger partial charge in [0.25, 0.3) is 5.91 Å². The maximum atomic E-state index is 12.3. The van der Waals surface area contributed by atoms with Gasteiger partial charge in [0.2, 0.25) is 0 Å². The fourth-order valence-corrected chi connectivity index (χ4v) is 2.56. The first-order valence-corrected chi connectivity index (χ1v) is 8.26. The summed E-state index contributed by atoms with van der Waals surface area (Å²) in [5.74, 6) is 0.802. The number of hydrogen-bond donors (Lipinski definition) is 1. The molecular weight excluding hydrogens is 340 g/mol. The van der Waals surface area contributed by atoms with Gasteiger partial charge in [0.15, 0.2) is 17.6 Å². The third kappa shape index (κ3) is 3.96. The fourth-order valence-electron chi connectivity index (χ4n) is 2.56. The van der Waals surface area contributed by atoms with Crippen LogP contribution in [-0.4, -0.2) is 36.4 Å². The lowest BCUT2D eigenvalue weighted by molar-refractivity contribution is -0.152. The molecule has 0 saturated carbocycles. The van der Waals surface area contributed by atoms with Crippen molar-refractivity contribution in [1.29, 1.82) is 0 Å². The van der Waals surface area contributed by atoms with Gasteiger partial charge in [0.05, 0.1) is 12.1 Å². The third-order valence-corrected chi connectivity index (χ3v) is 3.99. The van der Waals surface area contributed by atoms with Crippen molar-refractivity contribution in [2.45, 2.75) is 33.3 Å². The van der Waals surface area contributed by atoms with Crippen LogP contribution in [0, 0.1) is 13.8 Å². The Hall–Kier alpha value is -3.03. The van der Waals surface area contributed by atoms with Crippen LogP contribution in [0.5, 0.6) is 11.5 Å². The molecule has 1 aromatic heterocycles. The highest BCUT2D eigenvalue weighted by Gasteiger charge is 2.21. The van der Waals surface area contributed by atoms with E-state index in [-0.39, 0.29) is 6.42 Å². The number of carbonyl (C=O) groups excluding carboxylic acids is 2. The second kappa shape index (κ2) is 7.47. The summed E-state index contributed by atoms with van der Waals surface area (Å²) >= 11 is 0. The fraction of sp³-hybridized carbons (Fsp3) is 0.389. The van der Waals surface area contributed by atoms with Crippen molar-refractivity contribution in [1.82, 2.24) is 5.16 Å². The Morgan fingerprint density at radius 2 is 1.96 bits per heavy atom. The molecule has 2 aromatic rings. The van der Waals surface area contributed by atoms with Gasteiger partial charge in [-0.25, -0.2) is 0 Å². The molecular formula is C18H20N2O6. The standard InChI is InChI=1S/C18H20N2O6/c1-10-14(11(2)26-20-10)9-17(21)25-12(3)18(22)19-13-4-5-15-16(8-13)24-7-6-23-15/h4-5,8,12H,6-7,9H2,1-3H3,(H,19,22). The van der Waals surface area contributed by atoms with Crippen LogP contribution in [0.25, 0.3) is 0 Å². The van der Waals surface area contributed by atoms with Crippen molar-refractivity contribution >= 4 is 17.6 Å². The molecule has 138 valence electrons. The van der Waals surface area contributed by atoms with E-state index in [4.69, 9.17) is 18.7 Å². The van der Waals surface area contributed by atoms with Gasteiger partial charge >= 0.3 is 5.97 Å². The van der Waals surface area contributed by atoms with Gasteiger partial charge in [-0.05, 0) is 32.9 Å². The normalized spacial score (nSPS) is 13.8. The van der Waals surface area contributed by atoms with Crippen LogP contribution < -0.4 is 14.8 Å². The summed E-state index contributed by atoms with van der Waals surface area (Å²) in [4.78, 5) is 24.3. The molecule has 3 rings (SSSR count). The molecule has 8 nitrogen and oxygen atoms in total. The zero-order valence-corrected chi connectivity index (χ0v) is 14.8. The maximum Gasteiger partial charge on any atom is 0.311 e. The number of aromatic nitrogens is 1. The van der Waals surface area contributed by atoms with Crippen molar-refractivity contribution in [2.24, 2.45) is 0 Å². The van der Waals surface area contributed by atoms with Crippen molar-refractivity contribution in [3.8, 4) is 11.5 Å². The quantitative estimate of drug-likeness (QED) is 0.816. The molecule has 0 radical (unpaired) electrons. The highest BCUT2D eigenvalue weighted by atomic mass is 16.6. The Balaban J connectivity index is 1.57. The van der Waals surface area contributed by atoms with Crippen LogP contribution in [0.2, 0.25) is 0 Å². The molecule has 0 bridgehead atoms. The van der Waals surface area contributed by atoms with Crippen LogP contribution >= 0.6 is 0 Å². The second-order valence-electron chi connectivity index (χ2n) is 5.96. The number of nitrogens with zero attached hydrogens (tertiary/aromatic N) is 1. The number of carbonyl (C=O) groups is 2. The highest BCUT2D eigenvalue weighted by molar-refractivity contribution is 5.95. The average molecular weight is 360 g/mol. The summed E-state index contributed by atoms with van der Waals surface area (Å²) < 4.78 is 21.1. The minimum Gasteiger partial charge on any atom is -0.486 e. The van der Waals surface area contributed by atoms with Gasteiger partial charge in [0, 0.05) is 17.3 Å². The predicted molar refractivity (Wildman–Crippen MR) is 91.3 cm³/mol. The van der Waals surface area contributed by atoms with E-state index in [1.165, 1.54) is 6.92 Å². The summed E-state index contributed by atoms with van der Waals surface area (Å²) in [5, 5.41) is 6.49. The van der Waals surface area contributed by atoms with Gasteiger partial charge in [-0.1, -0.05) is 5.16 Å². The first-order valence-electron chi connectivity index (χ1n) is 8.26. The summed E-state index contributed by atoms with van der Waals surface area (Å²) in [7, 11) is 0. The van der Waals surface area contributed by atoms with E-state index in [9.17, 15) is 9.59 Å². The number of rotatable bonds is 5. The molecule has 0 fully saturated rings. The topological polar surface area (TPSA) is 99.9 Å². The van der Waals surface area contributed by atoms with Gasteiger partial charge in [-0.2, -0.15) is 0 Å². The number of fused-ring (bicyclic) bond motifs is 1. The van der Waals surface area contributed by atoms with Gasteiger partial charge in [-0.3, -0.25) is 9.59 Å². The molecule has 0 saturated heterocycles. The van der Waals surface area contributed by atoms with Gasteiger partial charge in [-0.15, -0.1) is 0 Å². The van der Waals surface area contributed by atoms with Crippen LogP contribution in [-0.2, 0) is 20.7 Å². The Morgan fingerprint density at radius 3 is 2.65 bits per heavy atom. The first-order chi connectivity index (χ1) is 12.4. The van der Waals surface area contributed by atoms with Crippen molar-refractivity contribution in [3.05, 3.63) is 35.2 Å². The molecule has 1 aliphatic rings. The Morgan fingerprint density at radius 1 is 1.23 bits per heavy atom. The zero-order chi connectivity index (χ0) is 18.7. The molecule has 0 aliphatic carbocycles. The first kappa shape index (κ1) is 17.8. The van der Waals surface area contributed by atoms with E-state index < -0.39 is 18.0 Å². The van der Waals surface area contributed by atoms with Crippen molar-refractivity contribution in [3.63, 3.8) is 0 Å². The van der Waals surface area contributed by atoms with E-state index in [1.807, 2.05) is 0 Å². The second-order valence-corrected chi connectivity index (χ2v) is 5.96. The number of nitrogens with one attached hydrogen (secondary N) is 1. The lowest BCUT2D eigenvalue weighted by Crippen LogP contribution is -2.30. The lowest BCUT2D eigenvalue weighted by atomic mass is 10.1. The number of anilines is 1. The van der Waals surface area contributed by atoms with E-state index in [2.05, 4.69) is 10.5 Å². The third-order valence-electron chi connectivity index (χ3n) is 3.99. The Kier molecular flexibility index (Phi) is 5.11. The summed E-state index contributed by atoms with van der Waals surface area (Å²) in [6.07, 6.45) is -0.945. The van der Waals surface area contributed by atoms with Crippen molar-refractivity contribution in [2.75, 3.05) is 18.5 Å². The lowest BCUT2D eigenvalue weighted by Gasteiger charge is -2.19. The Bertz CT molecular complexity index is 810. The van der Waals surface area contributed by atoms with Crippen LogP contribution in [0.1, 0.15) is 23.9 Å². The number of amides is 1. The molecule has 1 unspecified atom stereocenters. The largest absolute Gasteiger partial charge is 0.486 e. The Labute approximate surface area is 150 Å². The number of benzene rings is 1. The molecule has 1 atom stereocenters. The molecule has 2 heterocycles. The SMILES string of the molecule is Cc1noc(C)c1CC(=O)OC(C)C(=O)Nc1ccc2c(c1)OCCO2. The summed E-state index contributed by atoms with van der Waals surface area (Å²) in [6, 6.07) is 5.09. The zero-order valence-electron chi connectivity index (χ0n) is 14.8. The summed E-state index contributed by atoms with van der Waals surface area (Å²) in [5.41, 5.74) is 1.84. The maximum absolute atomic E-state index is 12.3.